The molecule has 0 radical (unpaired) electrons. The van der Waals surface area contributed by atoms with E-state index < -0.39 is 11.9 Å². The number of alkyl halides is 1. The number of piperidine rings is 1. The number of nitrogens with zero attached hydrogens (tertiary/aromatic N) is 6. The maximum absolute atomic E-state index is 14.6. The Kier molecular flexibility index (Phi) is 4.51. The number of hydrogen-bond acceptors (Lipinski definition) is 9. The molecular weight excluding hydrogens is 409 g/mol. The van der Waals surface area contributed by atoms with Crippen molar-refractivity contribution in [2.45, 2.75) is 24.7 Å². The van der Waals surface area contributed by atoms with Crippen molar-refractivity contribution >= 4 is 16.5 Å². The molecule has 2 aliphatic rings. The molecule has 2 N–H and O–H groups in total. The van der Waals surface area contributed by atoms with Gasteiger partial charge in [0.15, 0.2) is 10.8 Å². The average molecular weight is 429 g/mol. The standard InChI is InChI=1S/C19H20FN7O2S/c1-26-8-22-16(23-18(26)29)9-3-4-11(13(28)6-9)17-24-25-19(30-17)27(2)15-10-5-12(14(15)20)21-7-10/h3-4,6,8,10,12,14-15,21,28H,5,7H2,1-2H3/t10-,12-,14+,15-/m1/s1. The highest BCUT2D eigenvalue weighted by molar-refractivity contribution is 7.18. The van der Waals surface area contributed by atoms with Gasteiger partial charge in [-0.2, -0.15) is 4.98 Å². The third-order valence-electron chi connectivity index (χ3n) is 5.90. The van der Waals surface area contributed by atoms with E-state index in [0.29, 0.717) is 21.3 Å². The van der Waals surface area contributed by atoms with Crippen molar-refractivity contribution in [3.63, 3.8) is 0 Å². The molecule has 11 heteroatoms. The van der Waals surface area contributed by atoms with Gasteiger partial charge in [0.05, 0.1) is 11.6 Å². The number of phenolic OH excluding ortho intramolecular Hbond substituents is 1. The predicted octanol–water partition coefficient (Wildman–Crippen LogP) is 1.20. The Hall–Kier alpha value is -2.92. The van der Waals surface area contributed by atoms with E-state index in [1.165, 1.54) is 28.3 Å². The number of nitrogens with one attached hydrogen (secondary N) is 1. The minimum Gasteiger partial charge on any atom is -0.507 e. The van der Waals surface area contributed by atoms with Crippen molar-refractivity contribution in [2.75, 3.05) is 18.5 Å². The van der Waals surface area contributed by atoms with Crippen LogP contribution in [0.4, 0.5) is 9.52 Å². The van der Waals surface area contributed by atoms with Gasteiger partial charge in [0, 0.05) is 32.2 Å². The minimum atomic E-state index is -0.938. The van der Waals surface area contributed by atoms with E-state index in [9.17, 15) is 14.3 Å². The Labute approximate surface area is 175 Å². The van der Waals surface area contributed by atoms with Crippen LogP contribution in [0.1, 0.15) is 6.42 Å². The summed E-state index contributed by atoms with van der Waals surface area (Å²) in [6.45, 7) is 0.818. The number of aromatic hydroxyl groups is 1. The summed E-state index contributed by atoms with van der Waals surface area (Å²) in [6.07, 6.45) is 1.29. The first-order valence-corrected chi connectivity index (χ1v) is 10.4. The fourth-order valence-electron chi connectivity index (χ4n) is 4.30. The predicted molar refractivity (Wildman–Crippen MR) is 110 cm³/mol. The number of phenols is 1. The maximum atomic E-state index is 14.6. The van der Waals surface area contributed by atoms with Gasteiger partial charge < -0.3 is 15.3 Å². The third-order valence-corrected chi connectivity index (χ3v) is 6.95. The van der Waals surface area contributed by atoms with Crippen LogP contribution in [0.5, 0.6) is 5.75 Å². The van der Waals surface area contributed by atoms with Crippen molar-refractivity contribution in [1.29, 1.82) is 0 Å². The quantitative estimate of drug-likeness (QED) is 0.637. The molecular formula is C19H20FN7O2S. The largest absolute Gasteiger partial charge is 0.507 e. The molecule has 4 atom stereocenters. The number of rotatable bonds is 4. The number of anilines is 1. The van der Waals surface area contributed by atoms with Crippen molar-refractivity contribution in [3.8, 4) is 27.7 Å². The number of aryl methyl sites for hydroxylation is 1. The molecule has 30 heavy (non-hydrogen) atoms. The molecule has 2 aromatic heterocycles. The van der Waals surface area contributed by atoms with Crippen LogP contribution in [0.2, 0.25) is 0 Å². The lowest BCUT2D eigenvalue weighted by molar-refractivity contribution is 0.220. The van der Waals surface area contributed by atoms with E-state index in [2.05, 4.69) is 25.5 Å². The van der Waals surface area contributed by atoms with Crippen molar-refractivity contribution in [1.82, 2.24) is 30.0 Å². The lowest BCUT2D eigenvalue weighted by atomic mass is 10.0. The van der Waals surface area contributed by atoms with E-state index in [1.807, 2.05) is 11.9 Å². The summed E-state index contributed by atoms with van der Waals surface area (Å²) in [4.78, 5) is 21.6. The first kappa shape index (κ1) is 19.1. The minimum absolute atomic E-state index is 0.0189. The number of aromatic nitrogens is 5. The summed E-state index contributed by atoms with van der Waals surface area (Å²) in [5, 5.41) is 23.3. The van der Waals surface area contributed by atoms with Crippen LogP contribution in [0.3, 0.4) is 0 Å². The first-order valence-electron chi connectivity index (χ1n) is 9.59. The fourth-order valence-corrected chi connectivity index (χ4v) is 5.18. The molecule has 9 nitrogen and oxygen atoms in total. The van der Waals surface area contributed by atoms with E-state index in [-0.39, 0.29) is 29.6 Å². The van der Waals surface area contributed by atoms with Gasteiger partial charge in [-0.25, -0.2) is 14.2 Å². The van der Waals surface area contributed by atoms with Gasteiger partial charge in [-0.05, 0) is 24.5 Å². The molecule has 2 bridgehead atoms. The third kappa shape index (κ3) is 3.05. The molecule has 0 amide bonds. The molecule has 0 unspecified atom stereocenters. The number of halogens is 1. The maximum Gasteiger partial charge on any atom is 0.350 e. The van der Waals surface area contributed by atoms with E-state index in [0.717, 1.165) is 13.0 Å². The molecule has 3 heterocycles. The molecule has 1 saturated carbocycles. The Balaban J connectivity index is 1.41. The normalized spacial score (nSPS) is 25.0. The Bertz CT molecular complexity index is 1160. The summed E-state index contributed by atoms with van der Waals surface area (Å²) in [5.41, 5.74) is 0.596. The zero-order valence-electron chi connectivity index (χ0n) is 16.4. The van der Waals surface area contributed by atoms with E-state index in [4.69, 9.17) is 0 Å². The molecule has 156 valence electrons. The van der Waals surface area contributed by atoms with Crippen LogP contribution in [-0.2, 0) is 7.05 Å². The highest BCUT2D eigenvalue weighted by Gasteiger charge is 2.50. The Morgan fingerprint density at radius 3 is 2.90 bits per heavy atom. The number of hydrogen-bond donors (Lipinski definition) is 2. The monoisotopic (exact) mass is 429 g/mol. The number of fused-ring (bicyclic) bond motifs is 2. The second-order valence-corrected chi connectivity index (χ2v) is 8.71. The van der Waals surface area contributed by atoms with Gasteiger partial charge in [-0.1, -0.05) is 17.4 Å². The Morgan fingerprint density at radius 2 is 2.20 bits per heavy atom. The first-order chi connectivity index (χ1) is 14.4. The summed E-state index contributed by atoms with van der Waals surface area (Å²) < 4.78 is 15.9. The molecule has 1 saturated heterocycles. The van der Waals surface area contributed by atoms with Crippen molar-refractivity contribution < 1.29 is 9.50 Å². The van der Waals surface area contributed by atoms with E-state index in [1.54, 1.807) is 19.2 Å². The molecule has 3 aromatic rings. The summed E-state index contributed by atoms with van der Waals surface area (Å²) in [6, 6.07) is 4.60. The average Bonchev–Trinajstić information content (AvgIpc) is 3.46. The van der Waals surface area contributed by atoms with Gasteiger partial charge in [-0.3, -0.25) is 4.57 Å². The van der Waals surface area contributed by atoms with Crippen LogP contribution in [0.25, 0.3) is 22.0 Å². The second-order valence-electron chi connectivity index (χ2n) is 7.75. The lowest BCUT2D eigenvalue weighted by Crippen LogP contribution is -2.51. The van der Waals surface area contributed by atoms with Gasteiger partial charge in [-0.15, -0.1) is 10.2 Å². The molecule has 5 rings (SSSR count). The van der Waals surface area contributed by atoms with Gasteiger partial charge in [0.2, 0.25) is 5.13 Å². The van der Waals surface area contributed by atoms with Gasteiger partial charge in [0.25, 0.3) is 0 Å². The zero-order chi connectivity index (χ0) is 21.0. The van der Waals surface area contributed by atoms with Gasteiger partial charge >= 0.3 is 5.69 Å². The molecule has 1 aromatic carbocycles. The Morgan fingerprint density at radius 1 is 1.37 bits per heavy atom. The zero-order valence-corrected chi connectivity index (χ0v) is 17.2. The van der Waals surface area contributed by atoms with Crippen LogP contribution in [0.15, 0.2) is 29.3 Å². The second kappa shape index (κ2) is 7.10. The van der Waals surface area contributed by atoms with Crippen molar-refractivity contribution in [3.05, 3.63) is 35.0 Å². The smallest absolute Gasteiger partial charge is 0.350 e. The molecule has 1 aliphatic carbocycles. The molecule has 1 aliphatic heterocycles. The highest BCUT2D eigenvalue weighted by atomic mass is 32.1. The SMILES string of the molecule is CN(c1nnc(-c2ccc(-c3ncn(C)c(=O)n3)cc2O)s1)[C@@H]1[C@H]2CN[C@H](C2)[C@@H]1F. The summed E-state index contributed by atoms with van der Waals surface area (Å²) >= 11 is 1.30. The molecule has 2 fully saturated rings. The van der Waals surface area contributed by atoms with Gasteiger partial charge in [0.1, 0.15) is 18.2 Å². The molecule has 0 spiro atoms. The summed E-state index contributed by atoms with van der Waals surface area (Å²) in [7, 11) is 3.41. The number of benzene rings is 1. The van der Waals surface area contributed by atoms with Crippen LogP contribution < -0.4 is 15.9 Å². The highest BCUT2D eigenvalue weighted by Crippen LogP contribution is 2.41. The topological polar surface area (TPSA) is 109 Å². The fraction of sp³-hybridized carbons (Fsp3) is 0.421. The lowest BCUT2D eigenvalue weighted by Gasteiger charge is -2.33. The van der Waals surface area contributed by atoms with E-state index >= 15 is 0 Å². The summed E-state index contributed by atoms with van der Waals surface area (Å²) in [5.74, 6) is 0.472. The van der Waals surface area contributed by atoms with Crippen molar-refractivity contribution in [2.24, 2.45) is 13.0 Å². The van der Waals surface area contributed by atoms with Crippen LogP contribution in [0, 0.1) is 5.92 Å². The van der Waals surface area contributed by atoms with Crippen LogP contribution in [-0.4, -0.2) is 61.7 Å². The van der Waals surface area contributed by atoms with Crippen LogP contribution >= 0.6 is 11.3 Å².